The lowest BCUT2D eigenvalue weighted by atomic mass is 9.93. The van der Waals surface area contributed by atoms with E-state index in [1.54, 1.807) is 0 Å². The van der Waals surface area contributed by atoms with Gasteiger partial charge in [0.25, 0.3) is 0 Å². The predicted octanol–water partition coefficient (Wildman–Crippen LogP) is 3.05. The van der Waals surface area contributed by atoms with Crippen LogP contribution in [-0.2, 0) is 5.41 Å². The molecular formula is C7H10INS. The van der Waals surface area contributed by atoms with E-state index in [4.69, 9.17) is 0 Å². The first-order valence-electron chi connectivity index (χ1n) is 3.12. The second-order valence-electron chi connectivity index (χ2n) is 3.26. The van der Waals surface area contributed by atoms with Crippen molar-refractivity contribution in [3.8, 4) is 0 Å². The van der Waals surface area contributed by atoms with Crippen molar-refractivity contribution >= 4 is 34.1 Å². The fourth-order valence-electron chi connectivity index (χ4n) is 0.720. The van der Waals surface area contributed by atoms with Crippen LogP contribution in [0.2, 0.25) is 0 Å². The second-order valence-corrected chi connectivity index (χ2v) is 5.05. The Labute approximate surface area is 79.2 Å². The highest BCUT2D eigenvalue weighted by atomic mass is 127. The maximum Gasteiger partial charge on any atom is 0.0728 e. The molecule has 0 aliphatic carbocycles. The molecule has 0 atom stereocenters. The van der Waals surface area contributed by atoms with E-state index in [1.165, 1.54) is 20.8 Å². The van der Waals surface area contributed by atoms with E-state index in [9.17, 15) is 0 Å². The van der Waals surface area contributed by atoms with E-state index in [0.717, 1.165) is 0 Å². The molecule has 3 heteroatoms. The van der Waals surface area contributed by atoms with Crippen molar-refractivity contribution in [3.05, 3.63) is 14.6 Å². The molecule has 0 amide bonds. The van der Waals surface area contributed by atoms with Crippen LogP contribution in [0.1, 0.15) is 26.5 Å². The van der Waals surface area contributed by atoms with Gasteiger partial charge in [0.1, 0.15) is 0 Å². The van der Waals surface area contributed by atoms with Crippen molar-refractivity contribution in [2.75, 3.05) is 0 Å². The number of aromatic nitrogens is 1. The lowest BCUT2D eigenvalue weighted by Crippen LogP contribution is -2.12. The Morgan fingerprint density at radius 1 is 1.50 bits per heavy atom. The highest BCUT2D eigenvalue weighted by Crippen LogP contribution is 2.26. The van der Waals surface area contributed by atoms with Crippen LogP contribution in [0, 0.1) is 3.57 Å². The van der Waals surface area contributed by atoms with Crippen LogP contribution in [0.4, 0.5) is 0 Å². The van der Waals surface area contributed by atoms with Gasteiger partial charge in [0.05, 0.1) is 5.69 Å². The molecule has 56 valence electrons. The molecule has 0 radical (unpaired) electrons. The van der Waals surface area contributed by atoms with E-state index in [2.05, 4.69) is 53.1 Å². The van der Waals surface area contributed by atoms with Gasteiger partial charge in [-0.1, -0.05) is 20.8 Å². The number of halogens is 1. The topological polar surface area (TPSA) is 12.9 Å². The summed E-state index contributed by atoms with van der Waals surface area (Å²) in [6.07, 6.45) is 0. The van der Waals surface area contributed by atoms with Gasteiger partial charge in [0, 0.05) is 14.4 Å². The van der Waals surface area contributed by atoms with Crippen molar-refractivity contribution in [3.63, 3.8) is 0 Å². The van der Waals surface area contributed by atoms with Crippen molar-refractivity contribution < 1.29 is 0 Å². The number of rotatable bonds is 0. The maximum absolute atomic E-state index is 4.32. The summed E-state index contributed by atoms with van der Waals surface area (Å²) >= 11 is 3.86. The van der Waals surface area contributed by atoms with Gasteiger partial charge in [-0.25, -0.2) is 0 Å². The maximum atomic E-state index is 4.32. The van der Waals surface area contributed by atoms with E-state index in [1.807, 2.05) is 0 Å². The van der Waals surface area contributed by atoms with Gasteiger partial charge in [-0.2, -0.15) is 4.37 Å². The average Bonchev–Trinajstić information content (AvgIpc) is 2.11. The summed E-state index contributed by atoms with van der Waals surface area (Å²) in [5.74, 6) is 0. The first kappa shape index (κ1) is 8.46. The van der Waals surface area contributed by atoms with Gasteiger partial charge in [0.2, 0.25) is 0 Å². The zero-order valence-electron chi connectivity index (χ0n) is 6.31. The first-order valence-corrected chi connectivity index (χ1v) is 5.03. The van der Waals surface area contributed by atoms with Crippen LogP contribution in [0.3, 0.4) is 0 Å². The number of hydrogen-bond acceptors (Lipinski definition) is 2. The summed E-state index contributed by atoms with van der Waals surface area (Å²) in [6, 6.07) is 0. The summed E-state index contributed by atoms with van der Waals surface area (Å²) < 4.78 is 5.61. The normalized spacial score (nSPS) is 12.0. The van der Waals surface area contributed by atoms with E-state index in [-0.39, 0.29) is 5.41 Å². The van der Waals surface area contributed by atoms with Crippen molar-refractivity contribution in [2.45, 2.75) is 26.2 Å². The highest BCUT2D eigenvalue weighted by molar-refractivity contribution is 14.1. The molecule has 0 unspecified atom stereocenters. The quantitative estimate of drug-likeness (QED) is 0.658. The molecular weight excluding hydrogens is 257 g/mol. The minimum absolute atomic E-state index is 0.205. The fourth-order valence-corrected chi connectivity index (χ4v) is 2.89. The Hall–Kier alpha value is 0.360. The molecule has 1 heterocycles. The third-order valence-corrected chi connectivity index (χ3v) is 3.11. The zero-order chi connectivity index (χ0) is 7.78. The van der Waals surface area contributed by atoms with Crippen molar-refractivity contribution in [1.29, 1.82) is 0 Å². The summed E-state index contributed by atoms with van der Waals surface area (Å²) in [5, 5.41) is 2.08. The Morgan fingerprint density at radius 2 is 2.10 bits per heavy atom. The lowest BCUT2D eigenvalue weighted by Gasteiger charge is -2.15. The molecule has 10 heavy (non-hydrogen) atoms. The molecule has 0 aromatic carbocycles. The molecule has 0 saturated carbocycles. The average molecular weight is 267 g/mol. The van der Waals surface area contributed by atoms with Gasteiger partial charge < -0.3 is 0 Å². The molecule has 1 aromatic rings. The third kappa shape index (κ3) is 1.69. The third-order valence-electron chi connectivity index (χ3n) is 1.24. The molecule has 1 nitrogen and oxygen atoms in total. The fraction of sp³-hybridized carbons (Fsp3) is 0.571. The van der Waals surface area contributed by atoms with E-state index >= 15 is 0 Å². The standard InChI is InChI=1S/C7H10INS/c1-7(2,3)6-5(8)4-10-9-6/h4H,1-3H3. The molecule has 0 fully saturated rings. The smallest absolute Gasteiger partial charge is 0.0728 e. The first-order chi connectivity index (χ1) is 4.52. The summed E-state index contributed by atoms with van der Waals surface area (Å²) in [6.45, 7) is 6.55. The minimum atomic E-state index is 0.205. The van der Waals surface area contributed by atoms with Crippen molar-refractivity contribution in [1.82, 2.24) is 4.37 Å². The van der Waals surface area contributed by atoms with Crippen LogP contribution < -0.4 is 0 Å². The Bertz CT molecular complexity index is 224. The van der Waals surface area contributed by atoms with E-state index < -0.39 is 0 Å². The molecule has 1 aromatic heterocycles. The zero-order valence-corrected chi connectivity index (χ0v) is 9.28. The molecule has 0 aliphatic rings. The van der Waals surface area contributed by atoms with Crippen LogP contribution in [0.5, 0.6) is 0 Å². The molecule has 0 spiro atoms. The largest absolute Gasteiger partial charge is 0.196 e. The molecule has 0 aliphatic heterocycles. The van der Waals surface area contributed by atoms with Gasteiger partial charge in [-0.05, 0) is 34.1 Å². The van der Waals surface area contributed by atoms with Gasteiger partial charge in [-0.15, -0.1) is 0 Å². The minimum Gasteiger partial charge on any atom is -0.196 e. The highest BCUT2D eigenvalue weighted by Gasteiger charge is 2.18. The summed E-state index contributed by atoms with van der Waals surface area (Å²) in [4.78, 5) is 0. The lowest BCUT2D eigenvalue weighted by molar-refractivity contribution is 0.572. The van der Waals surface area contributed by atoms with Crippen LogP contribution >= 0.6 is 34.1 Å². The van der Waals surface area contributed by atoms with Gasteiger partial charge >= 0.3 is 0 Å². The molecule has 0 saturated heterocycles. The van der Waals surface area contributed by atoms with E-state index in [0.29, 0.717) is 0 Å². The van der Waals surface area contributed by atoms with Crippen LogP contribution in [-0.4, -0.2) is 4.37 Å². The molecule has 0 N–H and O–H groups in total. The molecule has 0 bridgehead atoms. The second kappa shape index (κ2) is 2.77. The monoisotopic (exact) mass is 267 g/mol. The Kier molecular flexibility index (Phi) is 2.34. The summed E-state index contributed by atoms with van der Waals surface area (Å²) in [5.41, 5.74) is 1.43. The van der Waals surface area contributed by atoms with Crippen LogP contribution in [0.15, 0.2) is 5.38 Å². The van der Waals surface area contributed by atoms with Gasteiger partial charge in [-0.3, -0.25) is 0 Å². The molecule has 1 rings (SSSR count). The van der Waals surface area contributed by atoms with Gasteiger partial charge in [0.15, 0.2) is 0 Å². The van der Waals surface area contributed by atoms with Crippen LogP contribution in [0.25, 0.3) is 0 Å². The Balaban J connectivity index is 3.05. The number of nitrogens with zero attached hydrogens (tertiary/aromatic N) is 1. The summed E-state index contributed by atoms with van der Waals surface area (Å²) in [7, 11) is 0. The SMILES string of the molecule is CC(C)(C)c1nscc1I. The van der Waals surface area contributed by atoms with Crippen molar-refractivity contribution in [2.24, 2.45) is 0 Å². The predicted molar refractivity (Wildman–Crippen MR) is 53.5 cm³/mol. The Morgan fingerprint density at radius 3 is 2.30 bits per heavy atom. The number of hydrogen-bond donors (Lipinski definition) is 0.